The number of nitrogens with one attached hydrogen (secondary N) is 1. The SMILES string of the molecule is COc1cc(C(=O)O)ccc1NSc1ccc(-c2ccccc2OC)s1. The Kier molecular flexibility index (Phi) is 5.70. The van der Waals surface area contributed by atoms with Crippen molar-refractivity contribution in [2.75, 3.05) is 18.9 Å². The minimum Gasteiger partial charge on any atom is -0.496 e. The molecule has 0 aliphatic heterocycles. The number of carbonyl (C=O) groups is 1. The predicted octanol–water partition coefficient (Wildman–Crippen LogP) is 5.25. The molecule has 0 bridgehead atoms. The van der Waals surface area contributed by atoms with Gasteiger partial charge in [-0.05, 0) is 54.4 Å². The molecule has 1 aromatic heterocycles. The van der Waals surface area contributed by atoms with Crippen molar-refractivity contribution in [3.05, 3.63) is 60.2 Å². The van der Waals surface area contributed by atoms with Crippen molar-refractivity contribution in [2.24, 2.45) is 0 Å². The van der Waals surface area contributed by atoms with E-state index in [0.717, 1.165) is 26.1 Å². The Bertz CT molecular complexity index is 923. The summed E-state index contributed by atoms with van der Waals surface area (Å²) < 4.78 is 15.0. The monoisotopic (exact) mass is 387 g/mol. The van der Waals surface area contributed by atoms with E-state index < -0.39 is 5.97 Å². The average molecular weight is 387 g/mol. The highest BCUT2D eigenvalue weighted by molar-refractivity contribution is 8.02. The molecule has 134 valence electrons. The molecule has 0 atom stereocenters. The van der Waals surface area contributed by atoms with Crippen LogP contribution in [0.1, 0.15) is 10.4 Å². The standard InChI is InChI=1S/C19H17NO4S2/c1-23-15-6-4-3-5-13(15)17-9-10-18(25-17)26-20-14-8-7-12(19(21)22)11-16(14)24-2/h3-11,20H,1-2H3,(H,21,22). The molecule has 0 spiro atoms. The lowest BCUT2D eigenvalue weighted by molar-refractivity contribution is 0.0696. The predicted molar refractivity (Wildman–Crippen MR) is 106 cm³/mol. The highest BCUT2D eigenvalue weighted by Crippen LogP contribution is 2.39. The minimum atomic E-state index is -0.984. The zero-order chi connectivity index (χ0) is 18.5. The first kappa shape index (κ1) is 18.2. The van der Waals surface area contributed by atoms with Crippen molar-refractivity contribution in [3.8, 4) is 21.9 Å². The van der Waals surface area contributed by atoms with Crippen LogP contribution in [0.4, 0.5) is 5.69 Å². The van der Waals surface area contributed by atoms with Gasteiger partial charge in [0.25, 0.3) is 0 Å². The first-order valence-corrected chi connectivity index (χ1v) is 9.33. The van der Waals surface area contributed by atoms with Gasteiger partial charge in [-0.2, -0.15) is 0 Å². The molecule has 0 saturated carbocycles. The van der Waals surface area contributed by atoms with Crippen LogP contribution in [0.2, 0.25) is 0 Å². The second-order valence-corrected chi connectivity index (χ2v) is 7.43. The molecular formula is C19H17NO4S2. The van der Waals surface area contributed by atoms with Crippen molar-refractivity contribution < 1.29 is 19.4 Å². The molecule has 2 N–H and O–H groups in total. The first-order chi connectivity index (χ1) is 12.6. The Morgan fingerprint density at radius 2 is 1.81 bits per heavy atom. The van der Waals surface area contributed by atoms with Gasteiger partial charge in [0.1, 0.15) is 11.5 Å². The van der Waals surface area contributed by atoms with Crippen LogP contribution in [0.15, 0.2) is 58.8 Å². The zero-order valence-corrected chi connectivity index (χ0v) is 15.8. The summed E-state index contributed by atoms with van der Waals surface area (Å²) in [5, 5.41) is 9.07. The van der Waals surface area contributed by atoms with E-state index in [-0.39, 0.29) is 5.56 Å². The summed E-state index contributed by atoms with van der Waals surface area (Å²) in [5.41, 5.74) is 1.96. The Balaban J connectivity index is 1.75. The molecule has 0 amide bonds. The molecule has 0 fully saturated rings. The van der Waals surface area contributed by atoms with Crippen LogP contribution in [-0.4, -0.2) is 25.3 Å². The molecular weight excluding hydrogens is 370 g/mol. The maximum absolute atomic E-state index is 11.1. The van der Waals surface area contributed by atoms with Gasteiger partial charge in [-0.3, -0.25) is 0 Å². The van der Waals surface area contributed by atoms with E-state index in [9.17, 15) is 4.79 Å². The molecule has 0 saturated heterocycles. The molecule has 26 heavy (non-hydrogen) atoms. The second-order valence-electron chi connectivity index (χ2n) is 5.24. The number of ether oxygens (including phenoxy) is 2. The summed E-state index contributed by atoms with van der Waals surface area (Å²) in [6.45, 7) is 0. The maximum atomic E-state index is 11.1. The number of hydrogen-bond donors (Lipinski definition) is 2. The van der Waals surface area contributed by atoms with Gasteiger partial charge >= 0.3 is 5.97 Å². The zero-order valence-electron chi connectivity index (χ0n) is 14.2. The lowest BCUT2D eigenvalue weighted by atomic mass is 10.2. The summed E-state index contributed by atoms with van der Waals surface area (Å²) in [6.07, 6.45) is 0. The molecule has 7 heteroatoms. The average Bonchev–Trinajstić information content (AvgIpc) is 3.14. The fourth-order valence-electron chi connectivity index (χ4n) is 2.38. The molecule has 0 unspecified atom stereocenters. The maximum Gasteiger partial charge on any atom is 0.335 e. The number of rotatable bonds is 7. The van der Waals surface area contributed by atoms with Gasteiger partial charge in [0.2, 0.25) is 0 Å². The fourth-order valence-corrected chi connectivity index (χ4v) is 4.23. The number of carboxylic acids is 1. The third kappa shape index (κ3) is 3.95. The van der Waals surface area contributed by atoms with Crippen molar-refractivity contribution in [2.45, 2.75) is 4.21 Å². The number of methoxy groups -OCH3 is 2. The number of benzene rings is 2. The second kappa shape index (κ2) is 8.16. The number of hydrogen-bond acceptors (Lipinski definition) is 6. The van der Waals surface area contributed by atoms with Crippen molar-refractivity contribution in [1.29, 1.82) is 0 Å². The van der Waals surface area contributed by atoms with Crippen molar-refractivity contribution >= 4 is 34.9 Å². The van der Waals surface area contributed by atoms with Gasteiger partial charge in [-0.1, -0.05) is 12.1 Å². The lowest BCUT2D eigenvalue weighted by Gasteiger charge is -2.10. The van der Waals surface area contributed by atoms with Crippen LogP contribution >= 0.6 is 23.3 Å². The third-order valence-corrected chi connectivity index (χ3v) is 5.74. The molecule has 0 aliphatic rings. The van der Waals surface area contributed by atoms with Crippen LogP contribution in [0.3, 0.4) is 0 Å². The van der Waals surface area contributed by atoms with Crippen molar-refractivity contribution in [1.82, 2.24) is 0 Å². The molecule has 1 heterocycles. The third-order valence-electron chi connectivity index (χ3n) is 3.66. The number of thiophene rings is 1. The number of para-hydroxylation sites is 1. The summed E-state index contributed by atoms with van der Waals surface area (Å²) >= 11 is 3.09. The van der Waals surface area contributed by atoms with E-state index in [4.69, 9.17) is 14.6 Å². The normalized spacial score (nSPS) is 10.4. The van der Waals surface area contributed by atoms with Gasteiger partial charge in [0, 0.05) is 10.4 Å². The van der Waals surface area contributed by atoms with Gasteiger partial charge in [-0.25, -0.2) is 4.79 Å². The quantitative estimate of drug-likeness (QED) is 0.540. The highest BCUT2D eigenvalue weighted by atomic mass is 32.2. The largest absolute Gasteiger partial charge is 0.496 e. The Hall–Kier alpha value is -2.64. The van der Waals surface area contributed by atoms with E-state index in [0.29, 0.717) is 5.75 Å². The smallest absolute Gasteiger partial charge is 0.335 e. The molecule has 0 radical (unpaired) electrons. The molecule has 5 nitrogen and oxygen atoms in total. The van der Waals surface area contributed by atoms with Gasteiger partial charge in [0.15, 0.2) is 0 Å². The number of carboxylic acid groups (broad SMARTS) is 1. The summed E-state index contributed by atoms with van der Waals surface area (Å²) in [7, 11) is 3.18. The van der Waals surface area contributed by atoms with E-state index >= 15 is 0 Å². The fraction of sp³-hybridized carbons (Fsp3) is 0.105. The van der Waals surface area contributed by atoms with Gasteiger partial charge < -0.3 is 19.3 Å². The summed E-state index contributed by atoms with van der Waals surface area (Å²) in [6, 6.07) is 16.7. The number of aromatic carboxylic acids is 1. The van der Waals surface area contributed by atoms with Crippen LogP contribution in [0, 0.1) is 0 Å². The highest BCUT2D eigenvalue weighted by Gasteiger charge is 2.11. The lowest BCUT2D eigenvalue weighted by Crippen LogP contribution is -1.99. The Morgan fingerprint density at radius 3 is 2.54 bits per heavy atom. The topological polar surface area (TPSA) is 67.8 Å². The first-order valence-electron chi connectivity index (χ1n) is 7.70. The molecule has 3 aromatic rings. The summed E-state index contributed by atoms with van der Waals surface area (Å²) in [4.78, 5) is 12.2. The Labute approximate surface area is 159 Å². The molecule has 2 aromatic carbocycles. The molecule has 3 rings (SSSR count). The van der Waals surface area contributed by atoms with E-state index in [2.05, 4.69) is 10.8 Å². The van der Waals surface area contributed by atoms with E-state index in [1.165, 1.54) is 25.1 Å². The van der Waals surface area contributed by atoms with Crippen LogP contribution in [0.5, 0.6) is 11.5 Å². The Morgan fingerprint density at radius 1 is 1.04 bits per heavy atom. The van der Waals surface area contributed by atoms with Gasteiger partial charge in [0.05, 0.1) is 29.7 Å². The molecule has 0 aliphatic carbocycles. The van der Waals surface area contributed by atoms with Crippen LogP contribution in [0.25, 0.3) is 10.4 Å². The van der Waals surface area contributed by atoms with Crippen LogP contribution in [-0.2, 0) is 0 Å². The minimum absolute atomic E-state index is 0.187. The van der Waals surface area contributed by atoms with E-state index in [1.54, 1.807) is 30.6 Å². The van der Waals surface area contributed by atoms with Crippen molar-refractivity contribution in [3.63, 3.8) is 0 Å². The summed E-state index contributed by atoms with van der Waals surface area (Å²) in [5.74, 6) is 0.339. The number of anilines is 1. The van der Waals surface area contributed by atoms with Gasteiger partial charge in [-0.15, -0.1) is 11.3 Å². The van der Waals surface area contributed by atoms with E-state index in [1.807, 2.05) is 30.3 Å². The van der Waals surface area contributed by atoms with Crippen LogP contribution < -0.4 is 14.2 Å².